The number of nitrogens with two attached hydrogens (primary N) is 1. The molecule has 15 heavy (non-hydrogen) atoms. The van der Waals surface area contributed by atoms with Crippen LogP contribution in [0.25, 0.3) is 0 Å². The monoisotopic (exact) mass is 216 g/mol. The van der Waals surface area contributed by atoms with E-state index in [1.54, 1.807) is 11.9 Å². The second kappa shape index (κ2) is 4.39. The molecule has 0 saturated carbocycles. The van der Waals surface area contributed by atoms with Crippen LogP contribution in [0.1, 0.15) is 13.8 Å². The zero-order chi connectivity index (χ0) is 11.6. The highest BCUT2D eigenvalue weighted by molar-refractivity contribution is 5.48. The minimum absolute atomic E-state index is 0.0584. The maximum atomic E-state index is 13.4. The highest BCUT2D eigenvalue weighted by atomic mass is 19.1. The van der Waals surface area contributed by atoms with Gasteiger partial charge in [0.05, 0.1) is 0 Å². The normalized spacial score (nSPS) is 10.6. The molecule has 3 N–H and O–H groups in total. The van der Waals surface area contributed by atoms with Gasteiger partial charge in [-0.15, -0.1) is 0 Å². The number of hydrogen-bond acceptors (Lipinski definition) is 4. The third kappa shape index (κ3) is 2.33. The van der Waals surface area contributed by atoms with Gasteiger partial charge in [-0.05, 0) is 13.8 Å². The summed E-state index contributed by atoms with van der Waals surface area (Å²) in [5.41, 5.74) is 2.08. The van der Waals surface area contributed by atoms with Crippen LogP contribution in [0.5, 0.6) is 0 Å². The van der Waals surface area contributed by atoms with Crippen molar-refractivity contribution >= 4 is 11.6 Å². The zero-order valence-corrected chi connectivity index (χ0v) is 8.88. The Labute approximate surface area is 87.1 Å². The van der Waals surface area contributed by atoms with E-state index in [2.05, 4.69) is 10.4 Å². The van der Waals surface area contributed by atoms with Crippen molar-refractivity contribution in [2.75, 3.05) is 17.4 Å². The Kier molecular flexibility index (Phi) is 3.41. The molecule has 1 rings (SSSR count). The molecule has 0 saturated heterocycles. The minimum atomic E-state index is -0.809. The highest BCUT2D eigenvalue weighted by Gasteiger charge is 2.16. The van der Waals surface area contributed by atoms with Crippen molar-refractivity contribution < 1.29 is 8.78 Å². The Hall–Kier alpha value is -1.43. The van der Waals surface area contributed by atoms with Gasteiger partial charge in [0, 0.05) is 19.2 Å². The number of hydrogen-bond donors (Lipinski definition) is 2. The molecule has 0 fully saturated rings. The lowest BCUT2D eigenvalue weighted by Crippen LogP contribution is -2.28. The van der Waals surface area contributed by atoms with Crippen molar-refractivity contribution in [2.24, 2.45) is 5.84 Å². The van der Waals surface area contributed by atoms with Gasteiger partial charge in [-0.2, -0.15) is 0 Å². The summed E-state index contributed by atoms with van der Waals surface area (Å²) >= 11 is 0. The van der Waals surface area contributed by atoms with E-state index in [1.165, 1.54) is 0 Å². The summed E-state index contributed by atoms with van der Waals surface area (Å²) in [4.78, 5) is 5.34. The van der Waals surface area contributed by atoms with Crippen LogP contribution >= 0.6 is 0 Å². The van der Waals surface area contributed by atoms with E-state index in [9.17, 15) is 8.78 Å². The van der Waals surface area contributed by atoms with Crippen molar-refractivity contribution in [3.63, 3.8) is 0 Å². The molecule has 0 bridgehead atoms. The maximum absolute atomic E-state index is 13.4. The quantitative estimate of drug-likeness (QED) is 0.593. The van der Waals surface area contributed by atoms with E-state index in [0.717, 1.165) is 6.07 Å². The van der Waals surface area contributed by atoms with Gasteiger partial charge in [-0.25, -0.2) is 19.6 Å². The van der Waals surface area contributed by atoms with Crippen LogP contribution in [-0.2, 0) is 0 Å². The number of hydrazine groups is 1. The van der Waals surface area contributed by atoms with Crippen LogP contribution in [0, 0.1) is 11.6 Å². The largest absolute Gasteiger partial charge is 0.355 e. The van der Waals surface area contributed by atoms with E-state index in [1.807, 2.05) is 13.8 Å². The molecule has 84 valence electrons. The third-order valence-electron chi connectivity index (χ3n) is 2.16. The average Bonchev–Trinajstić information content (AvgIpc) is 2.17. The molecule has 0 aliphatic rings. The molecule has 0 atom stereocenters. The molecule has 0 unspecified atom stereocenters. The van der Waals surface area contributed by atoms with Crippen molar-refractivity contribution in [1.82, 2.24) is 4.98 Å². The molecule has 0 amide bonds. The molecule has 0 aliphatic carbocycles. The van der Waals surface area contributed by atoms with E-state index >= 15 is 0 Å². The standard InChI is InChI=1S/C9H14F2N4/c1-5(2)15(3)9-7(11)4-6(10)8(13-9)14-12/h4-5H,12H2,1-3H3,(H,13,14). The van der Waals surface area contributed by atoms with Gasteiger partial charge >= 0.3 is 0 Å². The predicted octanol–water partition coefficient (Wildman–Crippen LogP) is 1.49. The molecule has 1 heterocycles. The van der Waals surface area contributed by atoms with Crippen LogP contribution in [-0.4, -0.2) is 18.1 Å². The summed E-state index contributed by atoms with van der Waals surface area (Å²) in [6, 6.07) is 0.819. The fourth-order valence-corrected chi connectivity index (χ4v) is 1.05. The number of pyridine rings is 1. The van der Waals surface area contributed by atoms with Gasteiger partial charge in [-0.3, -0.25) is 0 Å². The van der Waals surface area contributed by atoms with Crippen LogP contribution in [0.15, 0.2) is 6.07 Å². The van der Waals surface area contributed by atoms with Gasteiger partial charge < -0.3 is 10.3 Å². The van der Waals surface area contributed by atoms with Crippen LogP contribution < -0.4 is 16.2 Å². The van der Waals surface area contributed by atoms with Crippen LogP contribution in [0.3, 0.4) is 0 Å². The van der Waals surface area contributed by atoms with Gasteiger partial charge in [0.1, 0.15) is 0 Å². The lowest BCUT2D eigenvalue weighted by atomic mass is 10.3. The van der Waals surface area contributed by atoms with E-state index in [-0.39, 0.29) is 17.7 Å². The van der Waals surface area contributed by atoms with Crippen LogP contribution in [0.2, 0.25) is 0 Å². The molecule has 0 radical (unpaired) electrons. The average molecular weight is 216 g/mol. The first-order valence-corrected chi connectivity index (χ1v) is 4.52. The second-order valence-electron chi connectivity index (χ2n) is 3.47. The molecule has 6 heteroatoms. The Morgan fingerprint density at radius 2 is 2.00 bits per heavy atom. The molecule has 0 aliphatic heterocycles. The zero-order valence-electron chi connectivity index (χ0n) is 8.88. The summed E-state index contributed by atoms with van der Waals surface area (Å²) in [6.45, 7) is 3.75. The molecule has 0 spiro atoms. The minimum Gasteiger partial charge on any atom is -0.355 e. The Morgan fingerprint density at radius 3 is 2.47 bits per heavy atom. The first-order valence-electron chi connectivity index (χ1n) is 4.52. The van der Waals surface area contributed by atoms with Gasteiger partial charge in [0.2, 0.25) is 0 Å². The summed E-state index contributed by atoms with van der Waals surface area (Å²) in [5, 5.41) is 0. The number of aromatic nitrogens is 1. The van der Waals surface area contributed by atoms with Crippen LogP contribution in [0.4, 0.5) is 20.4 Å². The number of halogens is 2. The molecular weight excluding hydrogens is 202 g/mol. The highest BCUT2D eigenvalue weighted by Crippen LogP contribution is 2.22. The molecule has 4 nitrogen and oxygen atoms in total. The van der Waals surface area contributed by atoms with E-state index in [0.29, 0.717) is 0 Å². The summed E-state index contributed by atoms with van der Waals surface area (Å²) in [7, 11) is 1.67. The number of rotatable bonds is 3. The van der Waals surface area contributed by atoms with Gasteiger partial charge in [0.15, 0.2) is 23.3 Å². The Balaban J connectivity index is 3.18. The first kappa shape index (κ1) is 11.6. The van der Waals surface area contributed by atoms with Crippen molar-refractivity contribution in [2.45, 2.75) is 19.9 Å². The third-order valence-corrected chi connectivity index (χ3v) is 2.16. The van der Waals surface area contributed by atoms with Crippen molar-refractivity contribution in [3.8, 4) is 0 Å². The smallest absolute Gasteiger partial charge is 0.178 e. The first-order chi connectivity index (χ1) is 6.97. The topological polar surface area (TPSA) is 54.2 Å². The summed E-state index contributed by atoms with van der Waals surface area (Å²) in [6.07, 6.45) is 0. The lowest BCUT2D eigenvalue weighted by molar-refractivity contribution is 0.567. The maximum Gasteiger partial charge on any atom is 0.178 e. The number of nitrogens with zero attached hydrogens (tertiary/aromatic N) is 2. The van der Waals surface area contributed by atoms with Crippen molar-refractivity contribution in [3.05, 3.63) is 17.7 Å². The SMILES string of the molecule is CC(C)N(C)c1nc(NN)c(F)cc1F. The summed E-state index contributed by atoms with van der Waals surface area (Å²) < 4.78 is 26.4. The lowest BCUT2D eigenvalue weighted by Gasteiger charge is -2.23. The fraction of sp³-hybridized carbons (Fsp3) is 0.444. The number of nitrogens with one attached hydrogen (secondary N) is 1. The Morgan fingerprint density at radius 1 is 1.40 bits per heavy atom. The Bertz CT molecular complexity index is 354. The van der Waals surface area contributed by atoms with E-state index < -0.39 is 11.6 Å². The fourth-order valence-electron chi connectivity index (χ4n) is 1.05. The molecule has 1 aromatic rings. The van der Waals surface area contributed by atoms with Crippen molar-refractivity contribution in [1.29, 1.82) is 0 Å². The van der Waals surface area contributed by atoms with Gasteiger partial charge in [0.25, 0.3) is 0 Å². The van der Waals surface area contributed by atoms with E-state index in [4.69, 9.17) is 5.84 Å². The number of nitrogen functional groups attached to an aromatic ring is 1. The molecular formula is C9H14F2N4. The van der Waals surface area contributed by atoms with Gasteiger partial charge in [-0.1, -0.05) is 0 Å². The summed E-state index contributed by atoms with van der Waals surface area (Å²) in [5.74, 6) is 3.44. The second-order valence-corrected chi connectivity index (χ2v) is 3.47. The predicted molar refractivity (Wildman–Crippen MR) is 55.5 cm³/mol. The molecule has 0 aromatic carbocycles. The molecule has 1 aromatic heterocycles. The number of anilines is 2.